The molecule has 0 unspecified atom stereocenters. The van der Waals surface area contributed by atoms with Gasteiger partial charge in [-0.05, 0) is 38.0 Å². The van der Waals surface area contributed by atoms with Gasteiger partial charge in [0.05, 0.1) is 18.7 Å². The Balaban J connectivity index is 1.75. The number of methoxy groups -OCH3 is 1. The summed E-state index contributed by atoms with van der Waals surface area (Å²) in [6, 6.07) is 11.5. The molecule has 0 radical (unpaired) electrons. The molecule has 2 aromatic rings. The highest BCUT2D eigenvalue weighted by Crippen LogP contribution is 2.29. The van der Waals surface area contributed by atoms with E-state index in [0.717, 1.165) is 30.2 Å². The first-order valence-electron chi connectivity index (χ1n) is 8.73. The van der Waals surface area contributed by atoms with Gasteiger partial charge in [0.15, 0.2) is 0 Å². The molecule has 1 aromatic carbocycles. The van der Waals surface area contributed by atoms with E-state index in [1.807, 2.05) is 50.4 Å². The fourth-order valence-corrected chi connectivity index (χ4v) is 3.25. The Labute approximate surface area is 149 Å². The molecular formula is C20H25N3O2. The Hall–Kier alpha value is -2.56. The molecule has 1 saturated heterocycles. The van der Waals surface area contributed by atoms with Gasteiger partial charge in [-0.2, -0.15) is 0 Å². The first-order chi connectivity index (χ1) is 12.1. The lowest BCUT2D eigenvalue weighted by Gasteiger charge is -2.26. The van der Waals surface area contributed by atoms with Crippen molar-refractivity contribution >= 4 is 11.7 Å². The molecule has 0 N–H and O–H groups in total. The second-order valence-electron chi connectivity index (χ2n) is 6.43. The molecule has 2 heterocycles. The van der Waals surface area contributed by atoms with Gasteiger partial charge in [0, 0.05) is 31.9 Å². The van der Waals surface area contributed by atoms with Crippen molar-refractivity contribution < 1.29 is 9.53 Å². The molecule has 0 aliphatic carbocycles. The minimum absolute atomic E-state index is 0.0427. The third kappa shape index (κ3) is 3.60. The summed E-state index contributed by atoms with van der Waals surface area (Å²) in [6.45, 7) is 4.10. The van der Waals surface area contributed by atoms with Crippen molar-refractivity contribution in [3.05, 3.63) is 53.7 Å². The molecule has 1 amide bonds. The van der Waals surface area contributed by atoms with Crippen molar-refractivity contribution in [3.8, 4) is 5.75 Å². The Morgan fingerprint density at radius 2 is 1.92 bits per heavy atom. The molecule has 0 saturated carbocycles. The van der Waals surface area contributed by atoms with Crippen LogP contribution in [0.25, 0.3) is 0 Å². The normalized spacial score (nSPS) is 15.1. The third-order valence-electron chi connectivity index (χ3n) is 4.92. The van der Waals surface area contributed by atoms with Gasteiger partial charge in [0.2, 0.25) is 0 Å². The van der Waals surface area contributed by atoms with Crippen LogP contribution in [0.5, 0.6) is 5.75 Å². The topological polar surface area (TPSA) is 45.7 Å². The molecule has 25 heavy (non-hydrogen) atoms. The highest BCUT2D eigenvalue weighted by Gasteiger charge is 2.22. The molecular weight excluding hydrogens is 314 g/mol. The zero-order chi connectivity index (χ0) is 17.8. The van der Waals surface area contributed by atoms with Crippen LogP contribution in [0.15, 0.2) is 42.6 Å². The Bertz CT molecular complexity index is 724. The Morgan fingerprint density at radius 1 is 1.20 bits per heavy atom. The minimum Gasteiger partial charge on any atom is -0.496 e. The highest BCUT2D eigenvalue weighted by atomic mass is 16.5. The summed E-state index contributed by atoms with van der Waals surface area (Å²) in [5.41, 5.74) is 1.59. The van der Waals surface area contributed by atoms with E-state index in [2.05, 4.69) is 9.88 Å². The molecule has 5 nitrogen and oxygen atoms in total. The molecule has 132 valence electrons. The number of rotatable bonds is 5. The SMILES string of the molecule is COc1ccccc1[C@@H](C)N(C)C(=O)c1ccc(N2CCCC2)nc1. The largest absolute Gasteiger partial charge is 0.496 e. The van der Waals surface area contributed by atoms with Crippen LogP contribution in [-0.4, -0.2) is 43.0 Å². The van der Waals surface area contributed by atoms with Gasteiger partial charge in [-0.15, -0.1) is 0 Å². The average Bonchev–Trinajstić information content (AvgIpc) is 3.21. The van der Waals surface area contributed by atoms with Crippen LogP contribution in [-0.2, 0) is 0 Å². The lowest BCUT2D eigenvalue weighted by molar-refractivity contribution is 0.0740. The number of anilines is 1. The fourth-order valence-electron chi connectivity index (χ4n) is 3.25. The number of aromatic nitrogens is 1. The summed E-state index contributed by atoms with van der Waals surface area (Å²) in [5, 5.41) is 0. The predicted molar refractivity (Wildman–Crippen MR) is 99.2 cm³/mol. The second-order valence-corrected chi connectivity index (χ2v) is 6.43. The van der Waals surface area contributed by atoms with Crippen LogP contribution in [0.4, 0.5) is 5.82 Å². The number of benzene rings is 1. The molecule has 5 heteroatoms. The molecule has 1 aliphatic heterocycles. The van der Waals surface area contributed by atoms with Gasteiger partial charge in [0.25, 0.3) is 5.91 Å². The maximum absolute atomic E-state index is 12.8. The molecule has 0 spiro atoms. The van der Waals surface area contributed by atoms with Crippen LogP contribution in [0.3, 0.4) is 0 Å². The quantitative estimate of drug-likeness (QED) is 0.836. The monoisotopic (exact) mass is 339 g/mol. The molecule has 1 aliphatic rings. The van der Waals surface area contributed by atoms with Crippen LogP contribution >= 0.6 is 0 Å². The van der Waals surface area contributed by atoms with E-state index in [0.29, 0.717) is 5.56 Å². The van der Waals surface area contributed by atoms with Crippen LogP contribution in [0.1, 0.15) is 41.7 Å². The summed E-state index contributed by atoms with van der Waals surface area (Å²) in [6.07, 6.45) is 4.10. The molecule has 1 aromatic heterocycles. The van der Waals surface area contributed by atoms with E-state index in [4.69, 9.17) is 4.74 Å². The number of pyridine rings is 1. The van der Waals surface area contributed by atoms with Crippen LogP contribution in [0.2, 0.25) is 0 Å². The van der Waals surface area contributed by atoms with Crippen molar-refractivity contribution in [3.63, 3.8) is 0 Å². The van der Waals surface area contributed by atoms with Crippen molar-refractivity contribution in [1.82, 2.24) is 9.88 Å². The van der Waals surface area contributed by atoms with Gasteiger partial charge in [0.1, 0.15) is 11.6 Å². The number of ether oxygens (including phenoxy) is 1. The van der Waals surface area contributed by atoms with E-state index in [1.165, 1.54) is 12.8 Å². The fraction of sp³-hybridized carbons (Fsp3) is 0.400. The maximum atomic E-state index is 12.8. The van der Waals surface area contributed by atoms with Gasteiger partial charge >= 0.3 is 0 Å². The maximum Gasteiger partial charge on any atom is 0.255 e. The van der Waals surface area contributed by atoms with Gasteiger partial charge in [-0.1, -0.05) is 18.2 Å². The number of hydrogen-bond acceptors (Lipinski definition) is 4. The highest BCUT2D eigenvalue weighted by molar-refractivity contribution is 5.94. The number of nitrogens with zero attached hydrogens (tertiary/aromatic N) is 3. The first-order valence-corrected chi connectivity index (χ1v) is 8.73. The van der Waals surface area contributed by atoms with Gasteiger partial charge in [-0.25, -0.2) is 4.98 Å². The minimum atomic E-state index is -0.0955. The van der Waals surface area contributed by atoms with Crippen molar-refractivity contribution in [2.45, 2.75) is 25.8 Å². The summed E-state index contributed by atoms with van der Waals surface area (Å²) in [7, 11) is 3.46. The standard InChI is InChI=1S/C20H25N3O2/c1-15(17-8-4-5-9-18(17)25-3)22(2)20(24)16-10-11-19(21-14-16)23-12-6-7-13-23/h4-5,8-11,14-15H,6-7,12-13H2,1-3H3/t15-/m1/s1. The van der Waals surface area contributed by atoms with E-state index in [1.54, 1.807) is 18.2 Å². The Kier molecular flexibility index (Phi) is 5.22. The zero-order valence-electron chi connectivity index (χ0n) is 15.1. The predicted octanol–water partition coefficient (Wildman–Crippen LogP) is 3.52. The Morgan fingerprint density at radius 3 is 2.56 bits per heavy atom. The van der Waals surface area contributed by atoms with E-state index in [9.17, 15) is 4.79 Å². The molecule has 1 fully saturated rings. The number of hydrogen-bond donors (Lipinski definition) is 0. The zero-order valence-corrected chi connectivity index (χ0v) is 15.1. The molecule has 1 atom stereocenters. The van der Waals surface area contributed by atoms with Crippen molar-refractivity contribution in [1.29, 1.82) is 0 Å². The summed E-state index contributed by atoms with van der Waals surface area (Å²) in [4.78, 5) is 21.3. The third-order valence-corrected chi connectivity index (χ3v) is 4.92. The summed E-state index contributed by atoms with van der Waals surface area (Å²) < 4.78 is 5.42. The number of amides is 1. The smallest absolute Gasteiger partial charge is 0.255 e. The van der Waals surface area contributed by atoms with E-state index >= 15 is 0 Å². The lowest BCUT2D eigenvalue weighted by Crippen LogP contribution is -2.30. The van der Waals surface area contributed by atoms with Crippen LogP contribution < -0.4 is 9.64 Å². The lowest BCUT2D eigenvalue weighted by atomic mass is 10.1. The molecule has 0 bridgehead atoms. The second kappa shape index (κ2) is 7.55. The number of para-hydroxylation sites is 1. The van der Waals surface area contributed by atoms with Crippen LogP contribution in [0, 0.1) is 0 Å². The van der Waals surface area contributed by atoms with Crippen molar-refractivity contribution in [2.75, 3.05) is 32.1 Å². The van der Waals surface area contributed by atoms with Crippen molar-refractivity contribution in [2.24, 2.45) is 0 Å². The van der Waals surface area contributed by atoms with Gasteiger partial charge in [-0.3, -0.25) is 4.79 Å². The van der Waals surface area contributed by atoms with E-state index in [-0.39, 0.29) is 11.9 Å². The summed E-state index contributed by atoms with van der Waals surface area (Å²) in [5.74, 6) is 1.70. The molecule has 3 rings (SSSR count). The summed E-state index contributed by atoms with van der Waals surface area (Å²) >= 11 is 0. The first kappa shape index (κ1) is 17.3. The number of carbonyl (C=O) groups excluding carboxylic acids is 1. The van der Waals surface area contributed by atoms with Gasteiger partial charge < -0.3 is 14.5 Å². The van der Waals surface area contributed by atoms with E-state index < -0.39 is 0 Å². The number of carbonyl (C=O) groups is 1. The average molecular weight is 339 g/mol.